The fourth-order valence-corrected chi connectivity index (χ4v) is 2.57. The van der Waals surface area contributed by atoms with E-state index in [4.69, 9.17) is 11.6 Å². The number of aliphatic hydroxyl groups excluding tert-OH is 1. The van der Waals surface area contributed by atoms with E-state index in [0.717, 1.165) is 24.7 Å². The molecule has 0 saturated carbocycles. The van der Waals surface area contributed by atoms with Crippen LogP contribution < -0.4 is 0 Å². The van der Waals surface area contributed by atoms with E-state index < -0.39 is 0 Å². The van der Waals surface area contributed by atoms with Gasteiger partial charge in [0.2, 0.25) is 0 Å². The second-order valence-electron chi connectivity index (χ2n) is 5.47. The molecule has 16 heavy (non-hydrogen) atoms. The van der Waals surface area contributed by atoms with Crippen molar-refractivity contribution in [3.63, 3.8) is 0 Å². The van der Waals surface area contributed by atoms with E-state index in [0.29, 0.717) is 11.8 Å². The summed E-state index contributed by atoms with van der Waals surface area (Å²) < 4.78 is 0. The summed E-state index contributed by atoms with van der Waals surface area (Å²) in [5, 5.41) is 9.49. The van der Waals surface area contributed by atoms with Crippen molar-refractivity contribution in [1.29, 1.82) is 0 Å². The smallest absolute Gasteiger partial charge is 0.0678 e. The van der Waals surface area contributed by atoms with Crippen LogP contribution in [0.2, 0.25) is 0 Å². The minimum Gasteiger partial charge on any atom is -0.392 e. The molecule has 2 heteroatoms. The van der Waals surface area contributed by atoms with Crippen molar-refractivity contribution in [1.82, 2.24) is 0 Å². The molecule has 1 aliphatic rings. The van der Waals surface area contributed by atoms with Crippen molar-refractivity contribution in [2.24, 2.45) is 17.8 Å². The van der Waals surface area contributed by atoms with Gasteiger partial charge in [0, 0.05) is 5.88 Å². The molecule has 3 atom stereocenters. The zero-order valence-corrected chi connectivity index (χ0v) is 11.5. The molecule has 0 aromatic heterocycles. The fraction of sp³-hybridized carbons (Fsp3) is 0.857. The fourth-order valence-electron chi connectivity index (χ4n) is 2.42. The third-order valence-electron chi connectivity index (χ3n) is 3.79. The highest BCUT2D eigenvalue weighted by molar-refractivity contribution is 6.18. The predicted octanol–water partition coefficient (Wildman–Crippen LogP) is 3.99. The molecule has 0 unspecified atom stereocenters. The van der Waals surface area contributed by atoms with Gasteiger partial charge in [-0.05, 0) is 43.4 Å². The van der Waals surface area contributed by atoms with Gasteiger partial charge in [0.05, 0.1) is 6.10 Å². The Balaban J connectivity index is 2.53. The van der Waals surface area contributed by atoms with Gasteiger partial charge in [-0.15, -0.1) is 11.6 Å². The monoisotopic (exact) mass is 244 g/mol. The van der Waals surface area contributed by atoms with E-state index in [9.17, 15) is 5.11 Å². The van der Waals surface area contributed by atoms with Crippen LogP contribution in [0.4, 0.5) is 0 Å². The number of halogens is 1. The van der Waals surface area contributed by atoms with Crippen LogP contribution in [-0.4, -0.2) is 17.1 Å². The quantitative estimate of drug-likeness (QED) is 0.573. The number of aliphatic hydroxyl groups is 1. The van der Waals surface area contributed by atoms with Crippen LogP contribution in [0, 0.1) is 17.8 Å². The van der Waals surface area contributed by atoms with Gasteiger partial charge in [-0.25, -0.2) is 0 Å². The first kappa shape index (κ1) is 14.1. The van der Waals surface area contributed by atoms with Crippen molar-refractivity contribution in [3.05, 3.63) is 11.6 Å². The number of rotatable bonds is 5. The van der Waals surface area contributed by atoms with Crippen LogP contribution in [0.5, 0.6) is 0 Å². The van der Waals surface area contributed by atoms with Crippen LogP contribution >= 0.6 is 11.6 Å². The molecule has 1 rings (SSSR count). The minimum absolute atomic E-state index is 0.339. The Morgan fingerprint density at radius 1 is 1.44 bits per heavy atom. The molecule has 1 nitrogen and oxygen atoms in total. The lowest BCUT2D eigenvalue weighted by Gasteiger charge is -2.29. The summed E-state index contributed by atoms with van der Waals surface area (Å²) in [6, 6.07) is 0. The molecule has 0 fully saturated rings. The Bertz CT molecular complexity index is 235. The van der Waals surface area contributed by atoms with Crippen molar-refractivity contribution < 1.29 is 5.11 Å². The predicted molar refractivity (Wildman–Crippen MR) is 70.8 cm³/mol. The highest BCUT2D eigenvalue weighted by Crippen LogP contribution is 2.34. The Morgan fingerprint density at radius 3 is 2.69 bits per heavy atom. The first-order valence-electron chi connectivity index (χ1n) is 6.49. The lowest BCUT2D eigenvalue weighted by atomic mass is 9.77. The molecule has 94 valence electrons. The average molecular weight is 245 g/mol. The molecule has 0 heterocycles. The van der Waals surface area contributed by atoms with Crippen LogP contribution in [0.15, 0.2) is 11.6 Å². The van der Waals surface area contributed by atoms with Crippen molar-refractivity contribution in [2.75, 3.05) is 5.88 Å². The Hall–Kier alpha value is -0.0100. The molecule has 0 spiro atoms. The summed E-state index contributed by atoms with van der Waals surface area (Å²) in [6.07, 6.45) is 6.56. The lowest BCUT2D eigenvalue weighted by molar-refractivity contribution is 0.186. The lowest BCUT2D eigenvalue weighted by Crippen LogP contribution is -2.17. The van der Waals surface area contributed by atoms with Gasteiger partial charge < -0.3 is 5.11 Å². The molecule has 0 saturated heterocycles. The Labute approximate surface area is 105 Å². The van der Waals surface area contributed by atoms with Crippen molar-refractivity contribution in [3.8, 4) is 0 Å². The molecule has 0 bridgehead atoms. The zero-order valence-electron chi connectivity index (χ0n) is 10.7. The average Bonchev–Trinajstić information content (AvgIpc) is 2.27. The first-order valence-corrected chi connectivity index (χ1v) is 7.02. The summed E-state index contributed by atoms with van der Waals surface area (Å²) in [4.78, 5) is 0. The summed E-state index contributed by atoms with van der Waals surface area (Å²) in [7, 11) is 0. The molecule has 1 N–H and O–H groups in total. The van der Waals surface area contributed by atoms with Gasteiger partial charge >= 0.3 is 0 Å². The second kappa shape index (κ2) is 6.66. The SMILES string of the molecule is CC(C)[C@@H]1C=C(CC[C@@H](O)CCl)[C@H](C)CC1. The van der Waals surface area contributed by atoms with E-state index >= 15 is 0 Å². The largest absolute Gasteiger partial charge is 0.392 e. The first-order chi connectivity index (χ1) is 7.54. The summed E-state index contributed by atoms with van der Waals surface area (Å²) in [5.41, 5.74) is 1.54. The third-order valence-corrected chi connectivity index (χ3v) is 4.15. The molecular formula is C14H25ClO. The van der Waals surface area contributed by atoms with Crippen LogP contribution in [0.25, 0.3) is 0 Å². The molecule has 0 amide bonds. The van der Waals surface area contributed by atoms with Crippen molar-refractivity contribution in [2.45, 2.75) is 52.6 Å². The van der Waals surface area contributed by atoms with Gasteiger partial charge in [-0.3, -0.25) is 0 Å². The van der Waals surface area contributed by atoms with E-state index in [1.54, 1.807) is 0 Å². The van der Waals surface area contributed by atoms with Crippen molar-refractivity contribution >= 4 is 11.6 Å². The minimum atomic E-state index is -0.339. The number of alkyl halides is 1. The maximum Gasteiger partial charge on any atom is 0.0678 e. The van der Waals surface area contributed by atoms with Gasteiger partial charge in [-0.2, -0.15) is 0 Å². The van der Waals surface area contributed by atoms with E-state index in [2.05, 4.69) is 26.8 Å². The Morgan fingerprint density at radius 2 is 2.12 bits per heavy atom. The molecular weight excluding hydrogens is 220 g/mol. The molecule has 0 aromatic carbocycles. The van der Waals surface area contributed by atoms with E-state index in [1.165, 1.54) is 18.4 Å². The van der Waals surface area contributed by atoms with Crippen LogP contribution in [0.1, 0.15) is 46.5 Å². The highest BCUT2D eigenvalue weighted by Gasteiger charge is 2.21. The zero-order chi connectivity index (χ0) is 12.1. The summed E-state index contributed by atoms with van der Waals surface area (Å²) in [5.74, 6) is 2.52. The molecule has 0 radical (unpaired) electrons. The third kappa shape index (κ3) is 4.10. The maximum absolute atomic E-state index is 9.49. The maximum atomic E-state index is 9.49. The van der Waals surface area contributed by atoms with Crippen LogP contribution in [0.3, 0.4) is 0 Å². The number of hydrogen-bond acceptors (Lipinski definition) is 1. The summed E-state index contributed by atoms with van der Waals surface area (Å²) in [6.45, 7) is 6.89. The normalized spacial score (nSPS) is 28.0. The molecule has 0 aromatic rings. The second-order valence-corrected chi connectivity index (χ2v) is 5.78. The van der Waals surface area contributed by atoms with Gasteiger partial charge in [-0.1, -0.05) is 32.4 Å². The number of hydrogen-bond donors (Lipinski definition) is 1. The molecule has 0 aliphatic heterocycles. The van der Waals surface area contributed by atoms with E-state index in [-0.39, 0.29) is 6.10 Å². The Kier molecular flexibility index (Phi) is 5.85. The van der Waals surface area contributed by atoms with Crippen LogP contribution in [-0.2, 0) is 0 Å². The standard InChI is InChI=1S/C14H25ClO/c1-10(2)12-5-4-11(3)13(8-12)6-7-14(16)9-15/h8,10-12,14,16H,4-7,9H2,1-3H3/t11-,12+,14-/m1/s1. The van der Waals surface area contributed by atoms with Gasteiger partial charge in [0.25, 0.3) is 0 Å². The number of allylic oxidation sites excluding steroid dienone is 2. The molecule has 1 aliphatic carbocycles. The topological polar surface area (TPSA) is 20.2 Å². The van der Waals surface area contributed by atoms with Gasteiger partial charge in [0.1, 0.15) is 0 Å². The highest BCUT2D eigenvalue weighted by atomic mass is 35.5. The van der Waals surface area contributed by atoms with Gasteiger partial charge in [0.15, 0.2) is 0 Å². The summed E-state index contributed by atoms with van der Waals surface area (Å²) >= 11 is 5.62. The van der Waals surface area contributed by atoms with E-state index in [1.807, 2.05) is 0 Å².